The van der Waals surface area contributed by atoms with Crippen molar-refractivity contribution in [2.45, 2.75) is 42.4 Å². The summed E-state index contributed by atoms with van der Waals surface area (Å²) in [5.74, 6) is -0.238. The molecule has 164 valence electrons. The number of para-hydroxylation sites is 1. The lowest BCUT2D eigenvalue weighted by atomic mass is 9.95. The van der Waals surface area contributed by atoms with Gasteiger partial charge < -0.3 is 0 Å². The van der Waals surface area contributed by atoms with Crippen LogP contribution >= 0.6 is 34.9 Å². The fourth-order valence-corrected chi connectivity index (χ4v) is 6.29. The van der Waals surface area contributed by atoms with Crippen LogP contribution in [0.15, 0.2) is 69.7 Å². The number of hydrogen-bond donors (Lipinski definition) is 1. The maximum Gasteiger partial charge on any atom is 0.279 e. The van der Waals surface area contributed by atoms with Gasteiger partial charge in [0.2, 0.25) is 0 Å². The number of rotatable bonds is 5. The molecule has 0 atom stereocenters. The molecular formula is C24H22ClN3O2S2. The summed E-state index contributed by atoms with van der Waals surface area (Å²) >= 11 is 8.59. The Bertz CT molecular complexity index is 1320. The number of hydrogen-bond acceptors (Lipinski definition) is 4. The molecular weight excluding hydrogens is 462 g/mol. The lowest BCUT2D eigenvalue weighted by Gasteiger charge is -2.26. The first-order valence-electron chi connectivity index (χ1n) is 10.7. The Morgan fingerprint density at radius 1 is 1.03 bits per heavy atom. The molecule has 2 aromatic heterocycles. The molecule has 0 saturated heterocycles. The molecule has 0 radical (unpaired) electrons. The molecule has 2 heterocycles. The van der Waals surface area contributed by atoms with Gasteiger partial charge in [0.1, 0.15) is 0 Å². The third-order valence-electron chi connectivity index (χ3n) is 5.86. The third kappa shape index (κ3) is 4.12. The van der Waals surface area contributed by atoms with Crippen LogP contribution in [0.3, 0.4) is 0 Å². The molecule has 8 heteroatoms. The molecule has 1 amide bonds. The van der Waals surface area contributed by atoms with Crippen molar-refractivity contribution in [3.63, 3.8) is 0 Å². The van der Waals surface area contributed by atoms with E-state index in [4.69, 9.17) is 11.6 Å². The van der Waals surface area contributed by atoms with Crippen LogP contribution in [-0.4, -0.2) is 15.3 Å². The minimum absolute atomic E-state index is 0.0934. The maximum absolute atomic E-state index is 13.5. The molecule has 0 unspecified atom stereocenters. The molecule has 0 aliphatic heterocycles. The first-order chi connectivity index (χ1) is 15.6. The van der Waals surface area contributed by atoms with Crippen LogP contribution in [-0.2, 0) is 0 Å². The number of nitrogens with one attached hydrogen (secondary N) is 1. The van der Waals surface area contributed by atoms with Crippen LogP contribution in [0.25, 0.3) is 16.6 Å². The van der Waals surface area contributed by atoms with Gasteiger partial charge in [0.15, 0.2) is 0 Å². The smallest absolute Gasteiger partial charge is 0.279 e. The molecule has 1 aliphatic rings. The summed E-state index contributed by atoms with van der Waals surface area (Å²) in [5, 5.41) is 0.566. The van der Waals surface area contributed by atoms with E-state index in [2.05, 4.69) is 9.40 Å². The normalized spacial score (nSPS) is 14.7. The third-order valence-corrected chi connectivity index (χ3v) is 8.01. The van der Waals surface area contributed by atoms with Crippen LogP contribution in [0, 0.1) is 0 Å². The van der Waals surface area contributed by atoms with E-state index in [0.717, 1.165) is 41.1 Å². The molecule has 1 fully saturated rings. The predicted molar refractivity (Wildman–Crippen MR) is 132 cm³/mol. The van der Waals surface area contributed by atoms with Gasteiger partial charge in [-0.15, -0.1) is 11.3 Å². The SMILES string of the molecule is O=C(NSc1ccc(Cl)s1)c1ccc2c(c1)c(=O)n(-c1ccccc1)n2C1CCCCC1. The zero-order valence-corrected chi connectivity index (χ0v) is 19.7. The first kappa shape index (κ1) is 21.4. The van der Waals surface area contributed by atoms with Crippen molar-refractivity contribution in [1.29, 1.82) is 0 Å². The van der Waals surface area contributed by atoms with Gasteiger partial charge in [-0.2, -0.15) is 0 Å². The van der Waals surface area contributed by atoms with Crippen molar-refractivity contribution in [3.05, 3.63) is 80.9 Å². The number of carbonyl (C=O) groups excluding carboxylic acids is 1. The molecule has 1 saturated carbocycles. The molecule has 0 spiro atoms. The highest BCUT2D eigenvalue weighted by molar-refractivity contribution is 7.99. The van der Waals surface area contributed by atoms with Crippen LogP contribution in [0.5, 0.6) is 0 Å². The van der Waals surface area contributed by atoms with Gasteiger partial charge in [-0.3, -0.25) is 19.0 Å². The Morgan fingerprint density at radius 3 is 2.53 bits per heavy atom. The number of thiophene rings is 1. The minimum Gasteiger partial charge on any atom is -0.291 e. The van der Waals surface area contributed by atoms with Gasteiger partial charge in [0, 0.05) is 5.56 Å². The molecule has 1 aliphatic carbocycles. The van der Waals surface area contributed by atoms with Crippen molar-refractivity contribution in [3.8, 4) is 5.69 Å². The molecule has 5 rings (SSSR count). The van der Waals surface area contributed by atoms with Crippen molar-refractivity contribution >= 4 is 51.7 Å². The molecule has 4 aromatic rings. The second kappa shape index (κ2) is 9.17. The van der Waals surface area contributed by atoms with E-state index < -0.39 is 0 Å². The number of halogens is 1. The van der Waals surface area contributed by atoms with E-state index in [1.807, 2.05) is 42.5 Å². The average Bonchev–Trinajstić information content (AvgIpc) is 3.38. The van der Waals surface area contributed by atoms with Crippen LogP contribution in [0.1, 0.15) is 48.5 Å². The Balaban J connectivity index is 1.55. The van der Waals surface area contributed by atoms with E-state index in [-0.39, 0.29) is 17.5 Å². The molecule has 32 heavy (non-hydrogen) atoms. The highest BCUT2D eigenvalue weighted by Crippen LogP contribution is 2.32. The number of nitrogens with zero attached hydrogens (tertiary/aromatic N) is 2. The Hall–Kier alpha value is -2.48. The van der Waals surface area contributed by atoms with Gasteiger partial charge in [-0.05, 0) is 67.3 Å². The molecule has 0 bridgehead atoms. The Labute approximate surface area is 199 Å². The molecule has 5 nitrogen and oxygen atoms in total. The quantitative estimate of drug-likeness (QED) is 0.332. The van der Waals surface area contributed by atoms with Crippen molar-refractivity contribution in [2.24, 2.45) is 0 Å². The number of fused-ring (bicyclic) bond motifs is 1. The van der Waals surface area contributed by atoms with Gasteiger partial charge in [-0.25, -0.2) is 4.68 Å². The van der Waals surface area contributed by atoms with E-state index >= 15 is 0 Å². The maximum atomic E-state index is 13.5. The summed E-state index contributed by atoms with van der Waals surface area (Å²) in [6.45, 7) is 0. The topological polar surface area (TPSA) is 56.0 Å². The first-order valence-corrected chi connectivity index (χ1v) is 12.7. The molecule has 1 N–H and O–H groups in total. The van der Waals surface area contributed by atoms with Gasteiger partial charge in [0.25, 0.3) is 11.5 Å². The van der Waals surface area contributed by atoms with Crippen LogP contribution in [0.4, 0.5) is 0 Å². The largest absolute Gasteiger partial charge is 0.291 e. The summed E-state index contributed by atoms with van der Waals surface area (Å²) in [5.41, 5.74) is 2.09. The van der Waals surface area contributed by atoms with E-state index in [9.17, 15) is 9.59 Å². The Kier molecular flexibility index (Phi) is 6.13. The lowest BCUT2D eigenvalue weighted by Crippen LogP contribution is -2.25. The van der Waals surface area contributed by atoms with E-state index in [0.29, 0.717) is 15.3 Å². The van der Waals surface area contributed by atoms with Crippen molar-refractivity contribution < 1.29 is 4.79 Å². The second-order valence-electron chi connectivity index (χ2n) is 7.91. The number of benzene rings is 2. The van der Waals surface area contributed by atoms with Crippen LogP contribution < -0.4 is 10.3 Å². The monoisotopic (exact) mass is 483 g/mol. The highest BCUT2D eigenvalue weighted by Gasteiger charge is 2.24. The zero-order valence-electron chi connectivity index (χ0n) is 17.3. The summed E-state index contributed by atoms with van der Waals surface area (Å²) in [6.07, 6.45) is 5.68. The zero-order chi connectivity index (χ0) is 22.1. The lowest BCUT2D eigenvalue weighted by molar-refractivity contribution is 0.0984. The van der Waals surface area contributed by atoms with Gasteiger partial charge >= 0.3 is 0 Å². The van der Waals surface area contributed by atoms with Gasteiger partial charge in [0.05, 0.1) is 31.2 Å². The van der Waals surface area contributed by atoms with Gasteiger partial charge in [-0.1, -0.05) is 49.1 Å². The van der Waals surface area contributed by atoms with E-state index in [1.54, 1.807) is 22.9 Å². The standard InChI is InChI=1S/C24H22ClN3O2S2/c25-21-13-14-22(31-21)32-26-23(29)16-11-12-20-19(15-16)24(30)28(18-9-5-2-6-10-18)27(20)17-7-3-1-4-8-17/h2,5-6,9-15,17H,1,3-4,7-8H2,(H,26,29). The van der Waals surface area contributed by atoms with E-state index in [1.165, 1.54) is 29.7 Å². The minimum atomic E-state index is -0.238. The fraction of sp³-hybridized carbons (Fsp3) is 0.250. The summed E-state index contributed by atoms with van der Waals surface area (Å²) in [7, 11) is 0. The average molecular weight is 484 g/mol. The van der Waals surface area contributed by atoms with Crippen LogP contribution in [0.2, 0.25) is 4.34 Å². The summed E-state index contributed by atoms with van der Waals surface area (Å²) < 4.78 is 8.35. The number of amides is 1. The molecule has 2 aromatic carbocycles. The highest BCUT2D eigenvalue weighted by atomic mass is 35.5. The summed E-state index contributed by atoms with van der Waals surface area (Å²) in [4.78, 5) is 26.3. The Morgan fingerprint density at radius 2 is 1.81 bits per heavy atom. The summed E-state index contributed by atoms with van der Waals surface area (Å²) in [6, 6.07) is 19.1. The number of carbonyl (C=O) groups is 1. The second-order valence-corrected chi connectivity index (χ2v) is 10.7. The number of aromatic nitrogens is 2. The predicted octanol–water partition coefficient (Wildman–Crippen LogP) is 6.45. The fourth-order valence-electron chi connectivity index (χ4n) is 4.37. The van der Waals surface area contributed by atoms with Crippen molar-refractivity contribution in [2.75, 3.05) is 0 Å². The van der Waals surface area contributed by atoms with Crippen molar-refractivity contribution in [1.82, 2.24) is 14.1 Å².